The molecule has 1 aromatic carbocycles. The van der Waals surface area contributed by atoms with Gasteiger partial charge in [0.05, 0.1) is 25.9 Å². The molecule has 1 saturated carbocycles. The van der Waals surface area contributed by atoms with Crippen molar-refractivity contribution in [2.24, 2.45) is 11.8 Å². The molecule has 0 aromatic heterocycles. The third-order valence-corrected chi connectivity index (χ3v) is 5.98. The number of allylic oxidation sites excluding steroid dienone is 2. The average Bonchev–Trinajstić information content (AvgIpc) is 3.37. The predicted octanol–water partition coefficient (Wildman–Crippen LogP) is 3.15. The first-order chi connectivity index (χ1) is 16.0. The Labute approximate surface area is 193 Å². The maximum absolute atomic E-state index is 13.0. The van der Waals surface area contributed by atoms with Gasteiger partial charge in [-0.15, -0.1) is 0 Å². The number of aliphatic hydroxyl groups is 2. The lowest BCUT2D eigenvalue weighted by atomic mass is 9.90. The van der Waals surface area contributed by atoms with Crippen LogP contribution in [0.1, 0.15) is 32.1 Å². The van der Waals surface area contributed by atoms with Crippen LogP contribution >= 0.6 is 0 Å². The van der Waals surface area contributed by atoms with Gasteiger partial charge in [0.15, 0.2) is 6.29 Å². The van der Waals surface area contributed by atoms with Crippen molar-refractivity contribution in [2.45, 2.75) is 56.7 Å². The fourth-order valence-electron chi connectivity index (χ4n) is 4.14. The molecular formula is C25H33FO7. The molecule has 33 heavy (non-hydrogen) atoms. The molecule has 182 valence electrons. The van der Waals surface area contributed by atoms with Crippen molar-refractivity contribution >= 4 is 5.97 Å². The van der Waals surface area contributed by atoms with E-state index in [1.165, 1.54) is 19.2 Å². The standard InChI is InChI=1S/C25H33FO7/c1-30-24(29)7-5-3-2-4-6-20-21(23(28)14-22(20)27)12-13-25-32-16-19(33-25)15-31-18-10-8-17(26)9-11-18/h2,4,8-13,19-23,25,27-28H,3,5-7,14-16H2,1H3/b4-2-,13-12+/t19?,20?,21-,22?,23?,25?/m1/s1. The van der Waals surface area contributed by atoms with Gasteiger partial charge >= 0.3 is 5.97 Å². The van der Waals surface area contributed by atoms with E-state index in [0.29, 0.717) is 38.0 Å². The van der Waals surface area contributed by atoms with Crippen molar-refractivity contribution in [1.29, 1.82) is 0 Å². The first-order valence-corrected chi connectivity index (χ1v) is 11.4. The molecule has 6 atom stereocenters. The molecule has 5 unspecified atom stereocenters. The van der Waals surface area contributed by atoms with Crippen LogP contribution in [0.4, 0.5) is 4.39 Å². The monoisotopic (exact) mass is 464 g/mol. The van der Waals surface area contributed by atoms with E-state index in [2.05, 4.69) is 4.74 Å². The number of halogens is 1. The van der Waals surface area contributed by atoms with Crippen LogP contribution in [-0.2, 0) is 19.0 Å². The van der Waals surface area contributed by atoms with Gasteiger partial charge in [-0.25, -0.2) is 4.39 Å². The second kappa shape index (κ2) is 12.8. The summed E-state index contributed by atoms with van der Waals surface area (Å²) in [7, 11) is 1.38. The Morgan fingerprint density at radius 1 is 1.18 bits per heavy atom. The number of ether oxygens (including phenoxy) is 4. The molecule has 0 spiro atoms. The lowest BCUT2D eigenvalue weighted by molar-refractivity contribution is -0.140. The zero-order valence-electron chi connectivity index (χ0n) is 18.8. The molecule has 0 bridgehead atoms. The Morgan fingerprint density at radius 3 is 2.73 bits per heavy atom. The second-order valence-electron chi connectivity index (χ2n) is 8.40. The molecule has 2 N–H and O–H groups in total. The summed E-state index contributed by atoms with van der Waals surface area (Å²) in [4.78, 5) is 11.1. The van der Waals surface area contributed by atoms with Gasteiger partial charge in [-0.1, -0.05) is 18.2 Å². The molecule has 3 rings (SSSR count). The van der Waals surface area contributed by atoms with Crippen LogP contribution in [0, 0.1) is 17.7 Å². The number of hydrogen-bond acceptors (Lipinski definition) is 7. The summed E-state index contributed by atoms with van der Waals surface area (Å²) in [6.45, 7) is 0.647. The number of benzene rings is 1. The number of aliphatic hydroxyl groups excluding tert-OH is 2. The number of rotatable bonds is 11. The van der Waals surface area contributed by atoms with Gasteiger partial charge in [-0.2, -0.15) is 0 Å². The second-order valence-corrected chi connectivity index (χ2v) is 8.40. The van der Waals surface area contributed by atoms with E-state index < -0.39 is 18.5 Å². The van der Waals surface area contributed by atoms with Gasteiger partial charge in [0.2, 0.25) is 0 Å². The van der Waals surface area contributed by atoms with E-state index >= 15 is 0 Å². The van der Waals surface area contributed by atoms with Crippen molar-refractivity contribution in [3.05, 3.63) is 54.4 Å². The summed E-state index contributed by atoms with van der Waals surface area (Å²) in [6, 6.07) is 5.79. The van der Waals surface area contributed by atoms with E-state index in [9.17, 15) is 19.4 Å². The molecule has 1 saturated heterocycles. The third-order valence-electron chi connectivity index (χ3n) is 5.98. The summed E-state index contributed by atoms with van der Waals surface area (Å²) in [6.07, 6.45) is 8.42. The molecular weight excluding hydrogens is 431 g/mol. The smallest absolute Gasteiger partial charge is 0.305 e. The highest BCUT2D eigenvalue weighted by molar-refractivity contribution is 5.69. The normalized spacial score (nSPS) is 29.8. The Bertz CT molecular complexity index is 794. The average molecular weight is 465 g/mol. The number of carbonyl (C=O) groups excluding carboxylic acids is 1. The molecule has 8 heteroatoms. The molecule has 1 aromatic rings. The lowest BCUT2D eigenvalue weighted by Gasteiger charge is -2.19. The molecule has 1 heterocycles. The van der Waals surface area contributed by atoms with Crippen molar-refractivity contribution in [3.8, 4) is 5.75 Å². The van der Waals surface area contributed by atoms with Gasteiger partial charge in [0, 0.05) is 18.8 Å². The van der Waals surface area contributed by atoms with Crippen LogP contribution in [0.15, 0.2) is 48.6 Å². The van der Waals surface area contributed by atoms with E-state index in [1.54, 1.807) is 18.2 Å². The highest BCUT2D eigenvalue weighted by atomic mass is 19.1. The minimum absolute atomic E-state index is 0.105. The number of esters is 1. The quantitative estimate of drug-likeness (QED) is 0.295. The number of unbranched alkanes of at least 4 members (excludes halogenated alkanes) is 1. The maximum Gasteiger partial charge on any atom is 0.305 e. The molecule has 1 aliphatic heterocycles. The first-order valence-electron chi connectivity index (χ1n) is 11.4. The largest absolute Gasteiger partial charge is 0.491 e. The Morgan fingerprint density at radius 2 is 1.97 bits per heavy atom. The third kappa shape index (κ3) is 7.92. The van der Waals surface area contributed by atoms with E-state index in [0.717, 1.165) is 6.42 Å². The molecule has 2 fully saturated rings. The molecule has 0 radical (unpaired) electrons. The van der Waals surface area contributed by atoms with Crippen molar-refractivity contribution < 1.29 is 38.3 Å². The van der Waals surface area contributed by atoms with Crippen LogP contribution in [0.5, 0.6) is 5.75 Å². The van der Waals surface area contributed by atoms with Crippen LogP contribution in [0.3, 0.4) is 0 Å². The Hall–Kier alpha value is -2.26. The summed E-state index contributed by atoms with van der Waals surface area (Å²) in [5, 5.41) is 20.8. The summed E-state index contributed by atoms with van der Waals surface area (Å²) < 4.78 is 34.6. The molecule has 0 amide bonds. The summed E-state index contributed by atoms with van der Waals surface area (Å²) in [5.41, 5.74) is 0. The maximum atomic E-state index is 13.0. The van der Waals surface area contributed by atoms with Gasteiger partial charge in [0.25, 0.3) is 0 Å². The number of hydrogen-bond donors (Lipinski definition) is 2. The fraction of sp³-hybridized carbons (Fsp3) is 0.560. The van der Waals surface area contributed by atoms with Crippen molar-refractivity contribution in [2.75, 3.05) is 20.3 Å². The first kappa shape index (κ1) is 25.4. The van der Waals surface area contributed by atoms with Gasteiger partial charge < -0.3 is 29.2 Å². The molecule has 2 aliphatic rings. The molecule has 1 aliphatic carbocycles. The zero-order valence-corrected chi connectivity index (χ0v) is 18.8. The van der Waals surface area contributed by atoms with Gasteiger partial charge in [-0.05, 0) is 55.5 Å². The van der Waals surface area contributed by atoms with Crippen LogP contribution in [0.25, 0.3) is 0 Å². The Kier molecular flexibility index (Phi) is 9.87. The highest BCUT2D eigenvalue weighted by Gasteiger charge is 2.39. The lowest BCUT2D eigenvalue weighted by Crippen LogP contribution is -2.21. The number of carbonyl (C=O) groups is 1. The Balaban J connectivity index is 1.43. The van der Waals surface area contributed by atoms with Crippen LogP contribution in [0.2, 0.25) is 0 Å². The summed E-state index contributed by atoms with van der Waals surface area (Å²) in [5.74, 6) is -0.292. The van der Waals surface area contributed by atoms with E-state index in [-0.39, 0.29) is 36.3 Å². The summed E-state index contributed by atoms with van der Waals surface area (Å²) >= 11 is 0. The number of methoxy groups -OCH3 is 1. The molecule has 7 nitrogen and oxygen atoms in total. The SMILES string of the molecule is COC(=O)CCC/C=C\CC1C(O)CC(O)[C@@H]1/C=C/C1OCC(COc2ccc(F)cc2)O1. The van der Waals surface area contributed by atoms with E-state index in [4.69, 9.17) is 14.2 Å². The zero-order chi connectivity index (χ0) is 23.6. The van der Waals surface area contributed by atoms with Gasteiger partial charge in [0.1, 0.15) is 24.3 Å². The van der Waals surface area contributed by atoms with Crippen molar-refractivity contribution in [3.63, 3.8) is 0 Å². The van der Waals surface area contributed by atoms with Gasteiger partial charge in [-0.3, -0.25) is 4.79 Å². The van der Waals surface area contributed by atoms with Crippen LogP contribution in [-0.4, -0.2) is 61.1 Å². The van der Waals surface area contributed by atoms with Crippen LogP contribution < -0.4 is 4.74 Å². The van der Waals surface area contributed by atoms with E-state index in [1.807, 2.05) is 18.2 Å². The topological polar surface area (TPSA) is 94.5 Å². The minimum atomic E-state index is -0.631. The minimum Gasteiger partial charge on any atom is -0.491 e. The predicted molar refractivity (Wildman–Crippen MR) is 119 cm³/mol. The highest BCUT2D eigenvalue weighted by Crippen LogP contribution is 2.36. The van der Waals surface area contributed by atoms with Crippen molar-refractivity contribution in [1.82, 2.24) is 0 Å². The fourth-order valence-corrected chi connectivity index (χ4v) is 4.14.